The fourth-order valence-corrected chi connectivity index (χ4v) is 2.45. The molecule has 0 aromatic heterocycles. The maximum atomic E-state index is 10.7. The van der Waals surface area contributed by atoms with Crippen LogP contribution >= 0.6 is 11.6 Å². The number of piperidine rings is 1. The highest BCUT2D eigenvalue weighted by atomic mass is 35.5. The van der Waals surface area contributed by atoms with Crippen molar-refractivity contribution in [1.82, 2.24) is 0 Å². The zero-order valence-electron chi connectivity index (χ0n) is 9.56. The van der Waals surface area contributed by atoms with Crippen LogP contribution in [0.25, 0.3) is 0 Å². The zero-order chi connectivity index (χ0) is 12.3. The van der Waals surface area contributed by atoms with Crippen molar-refractivity contribution in [3.05, 3.63) is 33.9 Å². The Labute approximate surface area is 105 Å². The highest BCUT2D eigenvalue weighted by Crippen LogP contribution is 2.28. The molecule has 4 nitrogen and oxygen atoms in total. The lowest BCUT2D eigenvalue weighted by Gasteiger charge is -2.30. The molecule has 1 aromatic carbocycles. The molecule has 1 aliphatic heterocycles. The van der Waals surface area contributed by atoms with Gasteiger partial charge in [0.1, 0.15) is 0 Å². The van der Waals surface area contributed by atoms with Gasteiger partial charge in [0.05, 0.1) is 4.92 Å². The second-order valence-corrected chi connectivity index (χ2v) is 4.52. The fourth-order valence-electron chi connectivity index (χ4n) is 2.24. The van der Waals surface area contributed by atoms with E-state index < -0.39 is 0 Å². The Hall–Kier alpha value is -1.29. The van der Waals surface area contributed by atoms with Crippen molar-refractivity contribution in [2.75, 3.05) is 18.0 Å². The van der Waals surface area contributed by atoms with E-state index in [1.807, 2.05) is 6.07 Å². The Balaban J connectivity index is 2.29. The van der Waals surface area contributed by atoms with Crippen LogP contribution in [0.4, 0.5) is 11.4 Å². The SMILES string of the molecule is O=[N+]([O-])c1ccc(N2CCCCC2)c(CCl)c1. The Morgan fingerprint density at radius 2 is 2.00 bits per heavy atom. The van der Waals surface area contributed by atoms with Gasteiger partial charge in [-0.1, -0.05) is 0 Å². The van der Waals surface area contributed by atoms with Crippen molar-refractivity contribution in [3.8, 4) is 0 Å². The van der Waals surface area contributed by atoms with Crippen LogP contribution < -0.4 is 4.90 Å². The number of benzene rings is 1. The smallest absolute Gasteiger partial charge is 0.269 e. The first-order valence-electron chi connectivity index (χ1n) is 5.80. The van der Waals surface area contributed by atoms with Crippen LogP contribution in [0.1, 0.15) is 24.8 Å². The number of nitro benzene ring substituents is 1. The molecule has 0 N–H and O–H groups in total. The largest absolute Gasteiger partial charge is 0.371 e. The summed E-state index contributed by atoms with van der Waals surface area (Å²) < 4.78 is 0. The predicted molar refractivity (Wildman–Crippen MR) is 68.7 cm³/mol. The maximum absolute atomic E-state index is 10.7. The van der Waals surface area contributed by atoms with E-state index in [-0.39, 0.29) is 10.6 Å². The van der Waals surface area contributed by atoms with Gasteiger partial charge in [-0.05, 0) is 30.9 Å². The van der Waals surface area contributed by atoms with Crippen LogP contribution in [0, 0.1) is 10.1 Å². The Morgan fingerprint density at radius 3 is 2.59 bits per heavy atom. The van der Waals surface area contributed by atoms with Crippen molar-refractivity contribution in [2.45, 2.75) is 25.1 Å². The number of rotatable bonds is 3. The van der Waals surface area contributed by atoms with Crippen molar-refractivity contribution in [3.63, 3.8) is 0 Å². The zero-order valence-corrected chi connectivity index (χ0v) is 10.3. The molecule has 0 spiro atoms. The molecule has 1 saturated heterocycles. The normalized spacial score (nSPS) is 15.9. The molecule has 1 aliphatic rings. The van der Waals surface area contributed by atoms with Crippen molar-refractivity contribution >= 4 is 23.0 Å². The summed E-state index contributed by atoms with van der Waals surface area (Å²) in [4.78, 5) is 12.6. The van der Waals surface area contributed by atoms with Gasteiger partial charge in [-0.25, -0.2) is 0 Å². The number of alkyl halides is 1. The molecule has 1 aromatic rings. The lowest BCUT2D eigenvalue weighted by Crippen LogP contribution is -2.30. The van der Waals surface area contributed by atoms with Crippen molar-refractivity contribution < 1.29 is 4.92 Å². The molecule has 1 heterocycles. The van der Waals surface area contributed by atoms with Gasteiger partial charge in [-0.15, -0.1) is 11.6 Å². The van der Waals surface area contributed by atoms with Gasteiger partial charge < -0.3 is 4.90 Å². The lowest BCUT2D eigenvalue weighted by molar-refractivity contribution is -0.384. The van der Waals surface area contributed by atoms with Gasteiger partial charge in [0.25, 0.3) is 5.69 Å². The standard InChI is InChI=1S/C12H15ClN2O2/c13-9-10-8-11(15(16)17)4-5-12(10)14-6-2-1-3-7-14/h4-5,8H,1-3,6-7,9H2. The van der Waals surface area contributed by atoms with Crippen LogP contribution in [0.5, 0.6) is 0 Å². The quantitative estimate of drug-likeness (QED) is 0.472. The van der Waals surface area contributed by atoms with E-state index in [1.54, 1.807) is 12.1 Å². The summed E-state index contributed by atoms with van der Waals surface area (Å²) in [6.45, 7) is 2.03. The number of hydrogen-bond donors (Lipinski definition) is 0. The average Bonchev–Trinajstić information content (AvgIpc) is 2.39. The molecule has 0 radical (unpaired) electrons. The molecule has 17 heavy (non-hydrogen) atoms. The third-order valence-electron chi connectivity index (χ3n) is 3.11. The summed E-state index contributed by atoms with van der Waals surface area (Å²) in [5.74, 6) is 0.313. The molecule has 2 rings (SSSR count). The van der Waals surface area contributed by atoms with Gasteiger partial charge in [-0.2, -0.15) is 0 Å². The van der Waals surface area contributed by atoms with Crippen LogP contribution in [0.3, 0.4) is 0 Å². The van der Waals surface area contributed by atoms with Crippen molar-refractivity contribution in [2.24, 2.45) is 0 Å². The average molecular weight is 255 g/mol. The molecule has 1 fully saturated rings. The van der Waals surface area contributed by atoms with E-state index in [0.717, 1.165) is 24.3 Å². The molecule has 0 atom stereocenters. The molecule has 0 unspecified atom stereocenters. The Kier molecular flexibility index (Phi) is 3.84. The summed E-state index contributed by atoms with van der Waals surface area (Å²) in [6, 6.07) is 4.96. The minimum atomic E-state index is -0.379. The van der Waals surface area contributed by atoms with Gasteiger partial charge in [0, 0.05) is 36.8 Å². The molecule has 5 heteroatoms. The third-order valence-corrected chi connectivity index (χ3v) is 3.40. The van der Waals surface area contributed by atoms with E-state index in [0.29, 0.717) is 5.88 Å². The van der Waals surface area contributed by atoms with Gasteiger partial charge in [-0.3, -0.25) is 10.1 Å². The number of nitro groups is 1. The van der Waals surface area contributed by atoms with Gasteiger partial charge in [0.15, 0.2) is 0 Å². The summed E-state index contributed by atoms with van der Waals surface area (Å²) in [7, 11) is 0. The first-order valence-corrected chi connectivity index (χ1v) is 6.34. The van der Waals surface area contributed by atoms with Crippen molar-refractivity contribution in [1.29, 1.82) is 0 Å². The second-order valence-electron chi connectivity index (χ2n) is 4.25. The summed E-state index contributed by atoms with van der Waals surface area (Å²) in [5.41, 5.74) is 2.01. The molecular formula is C12H15ClN2O2. The number of hydrogen-bond acceptors (Lipinski definition) is 3. The van der Waals surface area contributed by atoms with Crippen LogP contribution in [-0.2, 0) is 5.88 Å². The monoisotopic (exact) mass is 254 g/mol. The van der Waals surface area contributed by atoms with Crippen LogP contribution in [0.15, 0.2) is 18.2 Å². The minimum Gasteiger partial charge on any atom is -0.371 e. The fraction of sp³-hybridized carbons (Fsp3) is 0.500. The third kappa shape index (κ3) is 2.69. The number of halogens is 1. The Morgan fingerprint density at radius 1 is 1.29 bits per heavy atom. The van der Waals surface area contributed by atoms with Crippen LogP contribution in [0.2, 0.25) is 0 Å². The minimum absolute atomic E-state index is 0.112. The number of nitrogens with zero attached hydrogens (tertiary/aromatic N) is 2. The highest BCUT2D eigenvalue weighted by Gasteiger charge is 2.16. The number of anilines is 1. The van der Waals surface area contributed by atoms with Gasteiger partial charge in [0.2, 0.25) is 0 Å². The first-order chi connectivity index (χ1) is 8.22. The summed E-state index contributed by atoms with van der Waals surface area (Å²) >= 11 is 5.88. The molecule has 0 amide bonds. The Bertz CT molecular complexity index is 417. The van der Waals surface area contributed by atoms with E-state index >= 15 is 0 Å². The summed E-state index contributed by atoms with van der Waals surface area (Å²) in [5, 5.41) is 10.7. The topological polar surface area (TPSA) is 46.4 Å². The van der Waals surface area contributed by atoms with E-state index in [9.17, 15) is 10.1 Å². The van der Waals surface area contributed by atoms with E-state index in [2.05, 4.69) is 4.90 Å². The summed E-state index contributed by atoms with van der Waals surface area (Å²) in [6.07, 6.45) is 3.62. The molecule has 0 bridgehead atoms. The van der Waals surface area contributed by atoms with Crippen LogP contribution in [-0.4, -0.2) is 18.0 Å². The molecule has 0 saturated carbocycles. The van der Waals surface area contributed by atoms with E-state index in [1.165, 1.54) is 19.3 Å². The number of non-ortho nitro benzene ring substituents is 1. The van der Waals surface area contributed by atoms with E-state index in [4.69, 9.17) is 11.6 Å². The lowest BCUT2D eigenvalue weighted by atomic mass is 10.1. The maximum Gasteiger partial charge on any atom is 0.269 e. The molecular weight excluding hydrogens is 240 g/mol. The highest BCUT2D eigenvalue weighted by molar-refractivity contribution is 6.17. The molecule has 92 valence electrons. The molecule has 0 aliphatic carbocycles. The van der Waals surface area contributed by atoms with Gasteiger partial charge >= 0.3 is 0 Å². The first kappa shape index (κ1) is 12.2. The predicted octanol–water partition coefficient (Wildman–Crippen LogP) is 3.32. The second kappa shape index (κ2) is 5.36.